The Hall–Kier alpha value is -2.78. The highest BCUT2D eigenvalue weighted by molar-refractivity contribution is 7.58. The molecule has 0 saturated heterocycles. The molecule has 1 atom stereocenters. The van der Waals surface area contributed by atoms with Gasteiger partial charge in [-0.3, -0.25) is 9.66 Å². The summed E-state index contributed by atoms with van der Waals surface area (Å²) in [4.78, 5) is 3.29. The lowest BCUT2D eigenvalue weighted by Crippen LogP contribution is -1.98. The first kappa shape index (κ1) is 19.5. The number of hydrogen-bond acceptors (Lipinski definition) is 3. The van der Waals surface area contributed by atoms with Gasteiger partial charge in [-0.15, -0.1) is 0 Å². The van der Waals surface area contributed by atoms with Gasteiger partial charge in [0, 0.05) is 24.4 Å². The Morgan fingerprint density at radius 2 is 2.10 bits per heavy atom. The Morgan fingerprint density at radius 3 is 2.93 bits per heavy atom. The van der Waals surface area contributed by atoms with Crippen molar-refractivity contribution in [2.24, 2.45) is 0 Å². The Labute approximate surface area is 171 Å². The second-order valence-corrected chi connectivity index (χ2v) is 10.1. The van der Waals surface area contributed by atoms with E-state index in [1.165, 1.54) is 11.1 Å². The molecule has 1 unspecified atom stereocenters. The molecule has 150 valence electrons. The van der Waals surface area contributed by atoms with Crippen LogP contribution in [-0.2, 0) is 11.0 Å². The monoisotopic (exact) mass is 407 g/mol. The van der Waals surface area contributed by atoms with Gasteiger partial charge in [-0.25, -0.2) is 0 Å². The maximum atomic E-state index is 13.1. The average molecular weight is 407 g/mol. The maximum Gasteiger partial charge on any atom is 0.245 e. The number of nitrogens with one attached hydrogen (secondary N) is 2. The van der Waals surface area contributed by atoms with E-state index in [-0.39, 0.29) is 0 Å². The zero-order valence-electron chi connectivity index (χ0n) is 16.8. The number of fused-ring (bicyclic) bond motifs is 1. The van der Waals surface area contributed by atoms with E-state index in [9.17, 15) is 4.57 Å². The van der Waals surface area contributed by atoms with Crippen LogP contribution in [0, 0.1) is 0 Å². The van der Waals surface area contributed by atoms with E-state index in [1.807, 2.05) is 42.6 Å². The third-order valence-corrected chi connectivity index (χ3v) is 6.78. The lowest BCUT2D eigenvalue weighted by molar-refractivity contribution is 0.487. The molecule has 0 radical (unpaired) electrons. The van der Waals surface area contributed by atoms with E-state index in [0.29, 0.717) is 11.9 Å². The minimum absolute atomic E-state index is 0.521. The van der Waals surface area contributed by atoms with Crippen molar-refractivity contribution in [1.29, 1.82) is 0 Å². The molecule has 0 aliphatic heterocycles. The number of aromatic nitrogens is 3. The van der Waals surface area contributed by atoms with Crippen LogP contribution in [0.1, 0.15) is 25.3 Å². The summed E-state index contributed by atoms with van der Waals surface area (Å²) in [7, 11) is -2.77. The van der Waals surface area contributed by atoms with Crippen LogP contribution in [-0.4, -0.2) is 28.0 Å². The SMILES string of the molecule is CCc1c[nH]c(-c2n[nH]c3ccc(OP(C)(=O)CCC4=CC=CC=CC4)cc23)c1. The molecule has 29 heavy (non-hydrogen) atoms. The summed E-state index contributed by atoms with van der Waals surface area (Å²) in [6.45, 7) is 3.84. The highest BCUT2D eigenvalue weighted by Crippen LogP contribution is 2.45. The normalized spacial score (nSPS) is 15.9. The molecule has 0 spiro atoms. The van der Waals surface area contributed by atoms with Crippen molar-refractivity contribution in [1.82, 2.24) is 15.2 Å². The second kappa shape index (κ2) is 8.30. The molecule has 0 amide bonds. The van der Waals surface area contributed by atoms with E-state index >= 15 is 0 Å². The maximum absolute atomic E-state index is 13.1. The molecule has 1 aliphatic carbocycles. The van der Waals surface area contributed by atoms with E-state index in [4.69, 9.17) is 4.52 Å². The van der Waals surface area contributed by atoms with Gasteiger partial charge in [0.05, 0.1) is 11.2 Å². The van der Waals surface area contributed by atoms with Crippen molar-refractivity contribution in [3.05, 3.63) is 72.0 Å². The van der Waals surface area contributed by atoms with Gasteiger partial charge in [0.2, 0.25) is 7.37 Å². The molecule has 3 aromatic rings. The summed E-state index contributed by atoms with van der Waals surface area (Å²) in [6, 6.07) is 7.81. The van der Waals surface area contributed by atoms with Crippen molar-refractivity contribution in [2.45, 2.75) is 26.2 Å². The Balaban J connectivity index is 1.52. The quantitative estimate of drug-likeness (QED) is 0.456. The number of aromatic amines is 2. The standard InChI is InChI=1S/C23H26N3O2P/c1-3-17-14-22(24-16-17)23-20-15-19(10-11-21(20)25-26-23)28-29(2,27)13-12-18-8-6-4-5-7-9-18/h4-8,10-11,14-16,24H,3,9,12-13H2,1-2H3,(H,25,26). The first-order valence-corrected chi connectivity index (χ1v) is 12.2. The number of hydrogen-bond donors (Lipinski definition) is 2. The fraction of sp³-hybridized carbons (Fsp3) is 0.261. The predicted molar refractivity (Wildman–Crippen MR) is 120 cm³/mol. The number of benzene rings is 1. The third-order valence-electron chi connectivity index (χ3n) is 5.15. The van der Waals surface area contributed by atoms with E-state index in [2.05, 4.69) is 40.3 Å². The van der Waals surface area contributed by atoms with Crippen molar-refractivity contribution in [3.8, 4) is 17.1 Å². The Kier molecular flexibility index (Phi) is 5.59. The first-order valence-electron chi connectivity index (χ1n) is 9.97. The predicted octanol–water partition coefficient (Wildman–Crippen LogP) is 6.24. The van der Waals surface area contributed by atoms with Crippen LogP contribution in [0.5, 0.6) is 5.75 Å². The lowest BCUT2D eigenvalue weighted by atomic mass is 10.1. The van der Waals surface area contributed by atoms with E-state index in [0.717, 1.165) is 41.6 Å². The fourth-order valence-electron chi connectivity index (χ4n) is 3.46. The molecule has 2 heterocycles. The Bertz CT molecular complexity index is 1150. The second-order valence-electron chi connectivity index (χ2n) is 7.48. The fourth-order valence-corrected chi connectivity index (χ4v) is 4.80. The van der Waals surface area contributed by atoms with Crippen LogP contribution in [0.3, 0.4) is 0 Å². The van der Waals surface area contributed by atoms with Gasteiger partial charge in [-0.1, -0.05) is 42.9 Å². The van der Waals surface area contributed by atoms with Crippen molar-refractivity contribution < 1.29 is 9.09 Å². The minimum atomic E-state index is -2.77. The molecule has 0 saturated carbocycles. The van der Waals surface area contributed by atoms with Crippen LogP contribution in [0.15, 0.2) is 66.4 Å². The molecule has 0 bridgehead atoms. The zero-order valence-corrected chi connectivity index (χ0v) is 17.7. The summed E-state index contributed by atoms with van der Waals surface area (Å²) < 4.78 is 19.0. The largest absolute Gasteiger partial charge is 0.443 e. The topological polar surface area (TPSA) is 70.8 Å². The number of aryl methyl sites for hydroxylation is 1. The zero-order chi connectivity index (χ0) is 20.3. The summed E-state index contributed by atoms with van der Waals surface area (Å²) >= 11 is 0. The van der Waals surface area contributed by atoms with Crippen molar-refractivity contribution >= 4 is 18.3 Å². The summed E-state index contributed by atoms with van der Waals surface area (Å²) in [6.07, 6.45) is 15.5. The molecule has 5 nitrogen and oxygen atoms in total. The number of H-pyrrole nitrogens is 2. The molecule has 0 fully saturated rings. The van der Waals surface area contributed by atoms with Crippen LogP contribution >= 0.6 is 7.37 Å². The number of rotatable bonds is 7. The Morgan fingerprint density at radius 1 is 1.21 bits per heavy atom. The van der Waals surface area contributed by atoms with E-state index in [1.54, 1.807) is 6.66 Å². The highest BCUT2D eigenvalue weighted by Gasteiger charge is 2.19. The average Bonchev–Trinajstić information content (AvgIpc) is 3.25. The van der Waals surface area contributed by atoms with Gasteiger partial charge >= 0.3 is 0 Å². The molecule has 1 aliphatic rings. The van der Waals surface area contributed by atoms with Crippen LogP contribution in [0.25, 0.3) is 22.3 Å². The molecular weight excluding hydrogens is 381 g/mol. The molecule has 2 N–H and O–H groups in total. The van der Waals surface area contributed by atoms with Crippen LogP contribution in [0.4, 0.5) is 0 Å². The summed E-state index contributed by atoms with van der Waals surface area (Å²) in [5.74, 6) is 0.614. The molecule has 4 rings (SSSR count). The minimum Gasteiger partial charge on any atom is -0.443 e. The number of nitrogens with zero attached hydrogens (tertiary/aromatic N) is 1. The molecule has 1 aromatic carbocycles. The van der Waals surface area contributed by atoms with E-state index < -0.39 is 7.37 Å². The van der Waals surface area contributed by atoms with Crippen molar-refractivity contribution in [3.63, 3.8) is 0 Å². The number of allylic oxidation sites excluding steroid dienone is 6. The van der Waals surface area contributed by atoms with Gasteiger partial charge in [0.1, 0.15) is 11.4 Å². The van der Waals surface area contributed by atoms with Gasteiger partial charge in [-0.2, -0.15) is 5.10 Å². The summed E-state index contributed by atoms with van der Waals surface area (Å²) in [5.41, 5.74) is 5.24. The lowest BCUT2D eigenvalue weighted by Gasteiger charge is -2.16. The summed E-state index contributed by atoms with van der Waals surface area (Å²) in [5, 5.41) is 8.47. The molecule has 6 heteroatoms. The van der Waals surface area contributed by atoms with Crippen LogP contribution in [0.2, 0.25) is 0 Å². The highest BCUT2D eigenvalue weighted by atomic mass is 31.2. The van der Waals surface area contributed by atoms with Gasteiger partial charge in [0.15, 0.2) is 0 Å². The van der Waals surface area contributed by atoms with Gasteiger partial charge in [0.25, 0.3) is 0 Å². The first-order chi connectivity index (χ1) is 14.0. The van der Waals surface area contributed by atoms with Crippen LogP contribution < -0.4 is 4.52 Å². The smallest absolute Gasteiger partial charge is 0.245 e. The molecule has 2 aromatic heterocycles. The molecular formula is C23H26N3O2P. The van der Waals surface area contributed by atoms with Crippen molar-refractivity contribution in [2.75, 3.05) is 12.8 Å². The van der Waals surface area contributed by atoms with Gasteiger partial charge < -0.3 is 9.51 Å². The van der Waals surface area contributed by atoms with Gasteiger partial charge in [-0.05, 0) is 49.1 Å². The third kappa shape index (κ3) is 4.63.